The van der Waals surface area contributed by atoms with Crippen LogP contribution in [0.25, 0.3) is 0 Å². The van der Waals surface area contributed by atoms with Gasteiger partial charge < -0.3 is 4.74 Å². The van der Waals surface area contributed by atoms with Crippen LogP contribution in [0.15, 0.2) is 12.1 Å². The number of ether oxygens (including phenoxy) is 1. The monoisotopic (exact) mass is 204 g/mol. The third kappa shape index (κ3) is 2.26. The van der Waals surface area contributed by atoms with E-state index in [0.717, 1.165) is 6.07 Å². The van der Waals surface area contributed by atoms with E-state index in [0.29, 0.717) is 6.07 Å². The quantitative estimate of drug-likeness (QED) is 0.688. The van der Waals surface area contributed by atoms with Crippen LogP contribution in [-0.2, 0) is 4.74 Å². The molecule has 14 heavy (non-hydrogen) atoms. The van der Waals surface area contributed by atoms with Crippen molar-refractivity contribution >= 4 is 0 Å². The van der Waals surface area contributed by atoms with Crippen LogP contribution >= 0.6 is 0 Å². The van der Waals surface area contributed by atoms with Gasteiger partial charge in [0.05, 0.1) is 6.61 Å². The molecular weight excluding hydrogens is 193 g/mol. The molecule has 0 N–H and O–H groups in total. The Labute approximate surface area is 80.5 Å². The van der Waals surface area contributed by atoms with Gasteiger partial charge in [0.2, 0.25) is 0 Å². The summed E-state index contributed by atoms with van der Waals surface area (Å²) in [5.74, 6) is -3.31. The molecule has 0 aliphatic carbocycles. The zero-order chi connectivity index (χ0) is 10.7. The van der Waals surface area contributed by atoms with Gasteiger partial charge in [-0.1, -0.05) is 6.92 Å². The smallest absolute Gasteiger partial charge is 0.162 e. The normalized spacial score (nSPS) is 12.9. The molecular formula is C10H11F3O. The molecule has 0 aliphatic heterocycles. The van der Waals surface area contributed by atoms with Crippen LogP contribution in [0.4, 0.5) is 13.2 Å². The summed E-state index contributed by atoms with van der Waals surface area (Å²) in [6.45, 7) is 1.86. The van der Waals surface area contributed by atoms with E-state index in [1.165, 1.54) is 7.11 Å². The van der Waals surface area contributed by atoms with Gasteiger partial charge in [-0.2, -0.15) is 0 Å². The minimum absolute atomic E-state index is 0.00403. The maximum absolute atomic E-state index is 13.2. The summed E-state index contributed by atoms with van der Waals surface area (Å²) in [6.07, 6.45) is 0. The van der Waals surface area contributed by atoms with E-state index in [9.17, 15) is 13.2 Å². The summed E-state index contributed by atoms with van der Waals surface area (Å²) >= 11 is 0. The molecule has 1 rings (SSSR count). The summed E-state index contributed by atoms with van der Waals surface area (Å²) < 4.78 is 43.5. The van der Waals surface area contributed by atoms with Crippen LogP contribution in [0.1, 0.15) is 18.4 Å². The molecule has 1 nitrogen and oxygen atoms in total. The molecule has 1 atom stereocenters. The molecule has 0 aliphatic rings. The van der Waals surface area contributed by atoms with Gasteiger partial charge in [-0.3, -0.25) is 0 Å². The Balaban J connectivity index is 3.07. The van der Waals surface area contributed by atoms with Crippen molar-refractivity contribution in [2.24, 2.45) is 0 Å². The van der Waals surface area contributed by atoms with Crippen molar-refractivity contribution in [2.45, 2.75) is 12.8 Å². The summed E-state index contributed by atoms with van der Waals surface area (Å²) in [4.78, 5) is 0. The molecule has 4 heteroatoms. The fourth-order valence-electron chi connectivity index (χ4n) is 1.27. The van der Waals surface area contributed by atoms with Crippen LogP contribution in [0.2, 0.25) is 0 Å². The minimum Gasteiger partial charge on any atom is -0.384 e. The lowest BCUT2D eigenvalue weighted by atomic mass is 10.0. The minimum atomic E-state index is -1.16. The number of benzene rings is 1. The zero-order valence-electron chi connectivity index (χ0n) is 7.98. The third-order valence-corrected chi connectivity index (χ3v) is 1.97. The van der Waals surface area contributed by atoms with Gasteiger partial charge in [-0.05, 0) is 11.6 Å². The molecule has 1 unspecified atom stereocenters. The van der Waals surface area contributed by atoms with E-state index in [2.05, 4.69) is 0 Å². The molecule has 0 saturated heterocycles. The highest BCUT2D eigenvalue weighted by Gasteiger charge is 2.16. The lowest BCUT2D eigenvalue weighted by Gasteiger charge is -2.11. The Bertz CT molecular complexity index is 325. The molecule has 0 aromatic heterocycles. The second-order valence-electron chi connectivity index (χ2n) is 3.15. The molecule has 0 spiro atoms. The van der Waals surface area contributed by atoms with Crippen molar-refractivity contribution in [3.63, 3.8) is 0 Å². The molecule has 1 aromatic carbocycles. The zero-order valence-corrected chi connectivity index (χ0v) is 7.98. The SMILES string of the molecule is COCC(C)c1cc(F)cc(F)c1F. The summed E-state index contributed by atoms with van der Waals surface area (Å²) in [7, 11) is 1.45. The van der Waals surface area contributed by atoms with Crippen LogP contribution in [0.5, 0.6) is 0 Å². The van der Waals surface area contributed by atoms with Crippen molar-refractivity contribution in [3.05, 3.63) is 35.1 Å². The van der Waals surface area contributed by atoms with Crippen molar-refractivity contribution in [1.82, 2.24) is 0 Å². The third-order valence-electron chi connectivity index (χ3n) is 1.97. The molecule has 1 aromatic rings. The van der Waals surface area contributed by atoms with Gasteiger partial charge in [0.15, 0.2) is 11.6 Å². The predicted molar refractivity (Wildman–Crippen MR) is 46.6 cm³/mol. The highest BCUT2D eigenvalue weighted by Crippen LogP contribution is 2.22. The van der Waals surface area contributed by atoms with Crippen LogP contribution in [0, 0.1) is 17.5 Å². The van der Waals surface area contributed by atoms with Crippen LogP contribution in [0.3, 0.4) is 0 Å². The van der Waals surface area contributed by atoms with E-state index < -0.39 is 17.5 Å². The second-order valence-corrected chi connectivity index (χ2v) is 3.15. The second kappa shape index (κ2) is 4.46. The topological polar surface area (TPSA) is 9.23 Å². The highest BCUT2D eigenvalue weighted by molar-refractivity contribution is 5.23. The van der Waals surface area contributed by atoms with E-state index >= 15 is 0 Å². The average Bonchev–Trinajstić information content (AvgIpc) is 2.11. The highest BCUT2D eigenvalue weighted by atomic mass is 19.2. The van der Waals surface area contributed by atoms with Gasteiger partial charge in [-0.15, -0.1) is 0 Å². The number of hydrogen-bond acceptors (Lipinski definition) is 1. The largest absolute Gasteiger partial charge is 0.384 e. The summed E-state index contributed by atoms with van der Waals surface area (Å²) in [6, 6.07) is 1.51. The van der Waals surface area contributed by atoms with Gasteiger partial charge in [0.25, 0.3) is 0 Å². The Morgan fingerprint density at radius 1 is 1.29 bits per heavy atom. The number of methoxy groups -OCH3 is 1. The van der Waals surface area contributed by atoms with Gasteiger partial charge in [-0.25, -0.2) is 13.2 Å². The van der Waals surface area contributed by atoms with E-state index in [-0.39, 0.29) is 18.1 Å². The van der Waals surface area contributed by atoms with E-state index in [1.807, 2.05) is 0 Å². The lowest BCUT2D eigenvalue weighted by molar-refractivity contribution is 0.182. The Morgan fingerprint density at radius 3 is 2.50 bits per heavy atom. The molecule has 78 valence electrons. The van der Waals surface area contributed by atoms with Crippen molar-refractivity contribution in [1.29, 1.82) is 0 Å². The molecule has 0 saturated carbocycles. The van der Waals surface area contributed by atoms with E-state index in [4.69, 9.17) is 4.74 Å². The average molecular weight is 204 g/mol. The first-order valence-electron chi connectivity index (χ1n) is 4.19. The maximum atomic E-state index is 13.2. The van der Waals surface area contributed by atoms with Crippen molar-refractivity contribution in [3.8, 4) is 0 Å². The summed E-state index contributed by atoms with van der Waals surface area (Å²) in [5, 5.41) is 0. The van der Waals surface area contributed by atoms with Gasteiger partial charge in [0.1, 0.15) is 5.82 Å². The van der Waals surface area contributed by atoms with Crippen molar-refractivity contribution in [2.75, 3.05) is 13.7 Å². The van der Waals surface area contributed by atoms with Gasteiger partial charge >= 0.3 is 0 Å². The van der Waals surface area contributed by atoms with Gasteiger partial charge in [0, 0.05) is 19.1 Å². The standard InChI is InChI=1S/C10H11F3O/c1-6(5-14-2)8-3-7(11)4-9(12)10(8)13/h3-4,6H,5H2,1-2H3. The van der Waals surface area contributed by atoms with E-state index in [1.54, 1.807) is 6.92 Å². The molecule has 0 amide bonds. The first kappa shape index (κ1) is 11.0. The number of halogens is 3. The Hall–Kier alpha value is -1.03. The maximum Gasteiger partial charge on any atom is 0.162 e. The number of hydrogen-bond donors (Lipinski definition) is 0. The first-order chi connectivity index (χ1) is 6.56. The van der Waals surface area contributed by atoms with Crippen molar-refractivity contribution < 1.29 is 17.9 Å². The number of rotatable bonds is 3. The van der Waals surface area contributed by atoms with Crippen LogP contribution < -0.4 is 0 Å². The molecule has 0 bridgehead atoms. The summed E-state index contributed by atoms with van der Waals surface area (Å²) in [5.41, 5.74) is 0.00403. The Kier molecular flexibility index (Phi) is 3.52. The molecule has 0 radical (unpaired) electrons. The molecule has 0 heterocycles. The first-order valence-corrected chi connectivity index (χ1v) is 4.19. The lowest BCUT2D eigenvalue weighted by Crippen LogP contribution is -2.06. The Morgan fingerprint density at radius 2 is 1.93 bits per heavy atom. The molecule has 0 fully saturated rings. The fourth-order valence-corrected chi connectivity index (χ4v) is 1.27. The fraction of sp³-hybridized carbons (Fsp3) is 0.400. The van der Waals surface area contributed by atoms with Crippen LogP contribution in [-0.4, -0.2) is 13.7 Å². The predicted octanol–water partition coefficient (Wildman–Crippen LogP) is 2.85.